The standard InChI is InChI=1S/C52H35N3/c1-52(2)44-20-10-6-16-35(44)42-30-41-36-17-7-11-21-46(36)53-49(43(41)31-45(42)52)32-24-26-34(27-25-32)55-48-23-13-9-19-38(48)40-29-28-39-37-18-8-12-22-47(37)54(50(39)51(40)55)33-14-4-3-5-15-33/h3-31H,1-2H3. The molecule has 0 unspecified atom stereocenters. The zero-order valence-corrected chi connectivity index (χ0v) is 30.6. The Bertz CT molecular complexity index is 3380. The largest absolute Gasteiger partial charge is 0.307 e. The van der Waals surface area contributed by atoms with E-state index in [0.717, 1.165) is 28.1 Å². The van der Waals surface area contributed by atoms with Crippen molar-refractivity contribution in [3.8, 4) is 33.8 Å². The first-order chi connectivity index (χ1) is 27.1. The molecular weight excluding hydrogens is 667 g/mol. The molecule has 0 spiro atoms. The average Bonchev–Trinajstić information content (AvgIpc) is 3.84. The summed E-state index contributed by atoms with van der Waals surface area (Å²) in [5, 5.41) is 8.61. The summed E-state index contributed by atoms with van der Waals surface area (Å²) >= 11 is 0. The quantitative estimate of drug-likeness (QED) is 0.168. The summed E-state index contributed by atoms with van der Waals surface area (Å²) in [7, 11) is 0. The highest BCUT2D eigenvalue weighted by Crippen LogP contribution is 2.51. The molecule has 0 fully saturated rings. The third-order valence-corrected chi connectivity index (χ3v) is 12.3. The third kappa shape index (κ3) is 4.13. The highest BCUT2D eigenvalue weighted by atomic mass is 15.0. The lowest BCUT2D eigenvalue weighted by atomic mass is 9.81. The number of pyridine rings is 1. The summed E-state index contributed by atoms with van der Waals surface area (Å²) in [4.78, 5) is 5.39. The molecule has 55 heavy (non-hydrogen) atoms. The van der Waals surface area contributed by atoms with Crippen molar-refractivity contribution in [2.24, 2.45) is 0 Å². The van der Waals surface area contributed by atoms with Crippen LogP contribution in [0.4, 0.5) is 0 Å². The third-order valence-electron chi connectivity index (χ3n) is 12.3. The fraction of sp³-hybridized carbons (Fsp3) is 0.0577. The Morgan fingerprint density at radius 2 is 0.964 bits per heavy atom. The van der Waals surface area contributed by atoms with E-state index < -0.39 is 0 Å². The van der Waals surface area contributed by atoms with Gasteiger partial charge in [-0.15, -0.1) is 0 Å². The summed E-state index contributed by atoms with van der Waals surface area (Å²) in [6.07, 6.45) is 0. The van der Waals surface area contributed by atoms with E-state index >= 15 is 0 Å². The predicted octanol–water partition coefficient (Wildman–Crippen LogP) is 13.6. The van der Waals surface area contributed by atoms with Crippen LogP contribution in [0.5, 0.6) is 0 Å². The second-order valence-corrected chi connectivity index (χ2v) is 15.5. The fourth-order valence-corrected chi connectivity index (χ4v) is 9.75. The van der Waals surface area contributed by atoms with Crippen LogP contribution in [0.2, 0.25) is 0 Å². The zero-order valence-electron chi connectivity index (χ0n) is 30.6. The molecule has 0 saturated heterocycles. The normalized spacial score (nSPS) is 13.4. The number of benzene rings is 8. The minimum atomic E-state index is -0.100. The SMILES string of the molecule is CC1(C)c2ccccc2-c2cc3c(cc21)c(-c1ccc(-n2c4ccccc4c4ccc5c6ccccc6n(-c6ccccc6)c5c42)cc1)nc1ccccc13. The van der Waals surface area contributed by atoms with Gasteiger partial charge in [-0.25, -0.2) is 4.98 Å². The monoisotopic (exact) mass is 701 g/mol. The van der Waals surface area contributed by atoms with Crippen molar-refractivity contribution in [3.63, 3.8) is 0 Å². The van der Waals surface area contributed by atoms with Crippen molar-refractivity contribution >= 4 is 65.3 Å². The minimum absolute atomic E-state index is 0.100. The molecule has 12 rings (SSSR count). The van der Waals surface area contributed by atoms with Gasteiger partial charge in [-0.05, 0) is 82.2 Å². The Hall–Kier alpha value is -6.97. The first-order valence-corrected chi connectivity index (χ1v) is 19.1. The molecule has 11 aromatic rings. The topological polar surface area (TPSA) is 22.8 Å². The molecule has 3 heterocycles. The van der Waals surface area contributed by atoms with E-state index in [4.69, 9.17) is 4.98 Å². The molecule has 258 valence electrons. The van der Waals surface area contributed by atoms with Gasteiger partial charge in [0, 0.05) is 54.7 Å². The van der Waals surface area contributed by atoms with Crippen molar-refractivity contribution < 1.29 is 0 Å². The van der Waals surface area contributed by atoms with Crippen LogP contribution in [-0.2, 0) is 5.41 Å². The molecule has 1 aliphatic carbocycles. The maximum absolute atomic E-state index is 5.39. The Balaban J connectivity index is 1.12. The van der Waals surface area contributed by atoms with E-state index in [2.05, 4.69) is 199 Å². The van der Waals surface area contributed by atoms with Crippen LogP contribution in [0.3, 0.4) is 0 Å². The number of fused-ring (bicyclic) bond motifs is 13. The first-order valence-electron chi connectivity index (χ1n) is 19.1. The molecule has 0 radical (unpaired) electrons. The Morgan fingerprint density at radius 1 is 0.400 bits per heavy atom. The van der Waals surface area contributed by atoms with Crippen LogP contribution in [-0.4, -0.2) is 14.1 Å². The molecular formula is C52H35N3. The summed E-state index contributed by atoms with van der Waals surface area (Å²) in [5.74, 6) is 0. The average molecular weight is 702 g/mol. The van der Waals surface area contributed by atoms with E-state index in [1.165, 1.54) is 82.0 Å². The highest BCUT2D eigenvalue weighted by molar-refractivity contribution is 6.24. The van der Waals surface area contributed by atoms with Crippen LogP contribution < -0.4 is 0 Å². The van der Waals surface area contributed by atoms with Gasteiger partial charge >= 0.3 is 0 Å². The molecule has 3 aromatic heterocycles. The summed E-state index contributed by atoms with van der Waals surface area (Å²) in [6, 6.07) is 64.4. The van der Waals surface area contributed by atoms with Gasteiger partial charge in [-0.2, -0.15) is 0 Å². The van der Waals surface area contributed by atoms with Crippen LogP contribution in [0, 0.1) is 0 Å². The van der Waals surface area contributed by atoms with Gasteiger partial charge in [0.25, 0.3) is 0 Å². The van der Waals surface area contributed by atoms with Crippen molar-refractivity contribution in [3.05, 3.63) is 187 Å². The van der Waals surface area contributed by atoms with E-state index in [1.54, 1.807) is 0 Å². The summed E-state index contributed by atoms with van der Waals surface area (Å²) < 4.78 is 4.91. The van der Waals surface area contributed by atoms with Gasteiger partial charge in [0.1, 0.15) is 0 Å². The van der Waals surface area contributed by atoms with Crippen LogP contribution >= 0.6 is 0 Å². The Morgan fingerprint density at radius 3 is 1.65 bits per heavy atom. The maximum atomic E-state index is 5.39. The smallest absolute Gasteiger partial charge is 0.0788 e. The highest BCUT2D eigenvalue weighted by Gasteiger charge is 2.36. The molecule has 0 amide bonds. The molecule has 0 N–H and O–H groups in total. The molecule has 1 aliphatic rings. The molecule has 0 atom stereocenters. The van der Waals surface area contributed by atoms with Crippen LogP contribution in [0.1, 0.15) is 25.0 Å². The first kappa shape index (κ1) is 30.5. The zero-order chi connectivity index (χ0) is 36.4. The van der Waals surface area contributed by atoms with Crippen molar-refractivity contribution in [1.29, 1.82) is 0 Å². The minimum Gasteiger partial charge on any atom is -0.307 e. The second-order valence-electron chi connectivity index (χ2n) is 15.5. The number of aromatic nitrogens is 3. The molecule has 8 aromatic carbocycles. The van der Waals surface area contributed by atoms with E-state index in [1.807, 2.05) is 0 Å². The van der Waals surface area contributed by atoms with Crippen LogP contribution in [0.25, 0.3) is 99.0 Å². The lowest BCUT2D eigenvalue weighted by Gasteiger charge is -2.22. The maximum Gasteiger partial charge on any atom is 0.0788 e. The van der Waals surface area contributed by atoms with Gasteiger partial charge in [-0.1, -0.05) is 135 Å². The summed E-state index contributed by atoms with van der Waals surface area (Å²) in [5.41, 5.74) is 15.5. The number of nitrogens with zero attached hydrogens (tertiary/aromatic N) is 3. The van der Waals surface area contributed by atoms with Crippen LogP contribution in [0.15, 0.2) is 176 Å². The Labute approximate surface area is 318 Å². The van der Waals surface area contributed by atoms with Gasteiger partial charge < -0.3 is 9.13 Å². The predicted molar refractivity (Wildman–Crippen MR) is 231 cm³/mol. The van der Waals surface area contributed by atoms with Crippen molar-refractivity contribution in [2.75, 3.05) is 0 Å². The lowest BCUT2D eigenvalue weighted by molar-refractivity contribution is 0.661. The van der Waals surface area contributed by atoms with Gasteiger partial charge in [0.15, 0.2) is 0 Å². The van der Waals surface area contributed by atoms with Gasteiger partial charge in [0.2, 0.25) is 0 Å². The molecule has 3 heteroatoms. The lowest BCUT2D eigenvalue weighted by Crippen LogP contribution is -2.14. The van der Waals surface area contributed by atoms with Gasteiger partial charge in [-0.3, -0.25) is 0 Å². The molecule has 0 saturated carbocycles. The number of hydrogen-bond acceptors (Lipinski definition) is 1. The van der Waals surface area contributed by atoms with E-state index in [9.17, 15) is 0 Å². The molecule has 0 bridgehead atoms. The Kier molecular flexibility index (Phi) is 6.12. The number of para-hydroxylation sites is 4. The van der Waals surface area contributed by atoms with Crippen molar-refractivity contribution in [1.82, 2.24) is 14.1 Å². The number of rotatable bonds is 3. The molecule has 0 aliphatic heterocycles. The van der Waals surface area contributed by atoms with Gasteiger partial charge in [0.05, 0.1) is 33.3 Å². The molecule has 3 nitrogen and oxygen atoms in total. The van der Waals surface area contributed by atoms with Crippen molar-refractivity contribution in [2.45, 2.75) is 19.3 Å². The second kappa shape index (κ2) is 11.0. The van der Waals surface area contributed by atoms with E-state index in [-0.39, 0.29) is 5.41 Å². The van der Waals surface area contributed by atoms with E-state index in [0.29, 0.717) is 0 Å². The summed E-state index contributed by atoms with van der Waals surface area (Å²) in [6.45, 7) is 4.71. The fourth-order valence-electron chi connectivity index (χ4n) is 9.75. The number of hydrogen-bond donors (Lipinski definition) is 0.